The number of carbonyl (C=O) groups excluding carboxylic acids is 1. The van der Waals surface area contributed by atoms with Gasteiger partial charge in [-0.2, -0.15) is 0 Å². The minimum Gasteiger partial charge on any atom is -0.357 e. The van der Waals surface area contributed by atoms with Crippen LogP contribution in [0.2, 0.25) is 0 Å². The molecule has 0 saturated carbocycles. The van der Waals surface area contributed by atoms with Crippen LogP contribution in [-0.4, -0.2) is 18.9 Å². The molecule has 0 radical (unpaired) electrons. The standard InChI is InChI=1S/C9H9NO/c11-9-6-10(7-9)8-4-2-1-3-5-8/h1-5H,6-7H2. The van der Waals surface area contributed by atoms with Crippen molar-refractivity contribution in [2.75, 3.05) is 18.0 Å². The number of carbonyl (C=O) groups is 1. The van der Waals surface area contributed by atoms with Crippen LogP contribution < -0.4 is 4.90 Å². The van der Waals surface area contributed by atoms with E-state index in [9.17, 15) is 4.79 Å². The van der Waals surface area contributed by atoms with Crippen LogP contribution in [0.15, 0.2) is 30.3 Å². The molecular formula is C9H9NO. The van der Waals surface area contributed by atoms with Gasteiger partial charge in [0.25, 0.3) is 0 Å². The van der Waals surface area contributed by atoms with Crippen molar-refractivity contribution in [1.82, 2.24) is 0 Å². The fourth-order valence-corrected chi connectivity index (χ4v) is 1.20. The van der Waals surface area contributed by atoms with Gasteiger partial charge in [0.05, 0.1) is 13.1 Å². The molecule has 0 N–H and O–H groups in total. The highest BCUT2D eigenvalue weighted by molar-refractivity contribution is 5.95. The van der Waals surface area contributed by atoms with Crippen LogP contribution in [0, 0.1) is 0 Å². The molecule has 0 aliphatic carbocycles. The van der Waals surface area contributed by atoms with E-state index in [1.165, 1.54) is 0 Å². The molecule has 1 heterocycles. The van der Waals surface area contributed by atoms with E-state index < -0.39 is 0 Å². The molecule has 0 unspecified atom stereocenters. The Bertz CT molecular complexity index is 260. The van der Waals surface area contributed by atoms with Gasteiger partial charge in [-0.05, 0) is 12.1 Å². The number of hydrogen-bond acceptors (Lipinski definition) is 2. The van der Waals surface area contributed by atoms with E-state index in [1.807, 2.05) is 30.3 Å². The molecule has 0 atom stereocenters. The van der Waals surface area contributed by atoms with E-state index in [-0.39, 0.29) is 0 Å². The molecule has 2 rings (SSSR count). The van der Waals surface area contributed by atoms with Gasteiger partial charge in [-0.25, -0.2) is 0 Å². The Kier molecular flexibility index (Phi) is 1.39. The Hall–Kier alpha value is -1.31. The van der Waals surface area contributed by atoms with Crippen molar-refractivity contribution < 1.29 is 4.79 Å². The van der Waals surface area contributed by atoms with Gasteiger partial charge in [0.2, 0.25) is 0 Å². The minimum absolute atomic E-state index is 0.328. The number of hydrogen-bond donors (Lipinski definition) is 0. The third-order valence-corrected chi connectivity index (χ3v) is 1.86. The average Bonchev–Trinajstić information content (AvgIpc) is 2.01. The second-order valence-corrected chi connectivity index (χ2v) is 2.73. The van der Waals surface area contributed by atoms with E-state index in [2.05, 4.69) is 4.90 Å². The summed E-state index contributed by atoms with van der Waals surface area (Å²) in [5, 5.41) is 0. The predicted molar refractivity (Wildman–Crippen MR) is 43.7 cm³/mol. The molecule has 1 aliphatic heterocycles. The summed E-state index contributed by atoms with van der Waals surface area (Å²) in [6.07, 6.45) is 0. The molecule has 1 aromatic carbocycles. The number of Topliss-reactive ketones (excluding diaryl/α,β-unsaturated/α-hetero) is 1. The quantitative estimate of drug-likeness (QED) is 0.592. The zero-order valence-corrected chi connectivity index (χ0v) is 6.16. The lowest BCUT2D eigenvalue weighted by atomic mass is 10.1. The highest BCUT2D eigenvalue weighted by Crippen LogP contribution is 2.16. The van der Waals surface area contributed by atoms with E-state index >= 15 is 0 Å². The van der Waals surface area contributed by atoms with Gasteiger partial charge in [0, 0.05) is 5.69 Å². The number of anilines is 1. The minimum atomic E-state index is 0.328. The Morgan fingerprint density at radius 2 is 1.73 bits per heavy atom. The highest BCUT2D eigenvalue weighted by atomic mass is 16.1. The van der Waals surface area contributed by atoms with Gasteiger partial charge in [-0.3, -0.25) is 4.79 Å². The highest BCUT2D eigenvalue weighted by Gasteiger charge is 2.22. The fraction of sp³-hybridized carbons (Fsp3) is 0.222. The Morgan fingerprint density at radius 3 is 2.27 bits per heavy atom. The fourth-order valence-electron chi connectivity index (χ4n) is 1.20. The van der Waals surface area contributed by atoms with Gasteiger partial charge in [-0.1, -0.05) is 18.2 Å². The largest absolute Gasteiger partial charge is 0.357 e. The SMILES string of the molecule is O=C1CN(c2ccccc2)C1. The van der Waals surface area contributed by atoms with Crippen molar-refractivity contribution in [2.45, 2.75) is 0 Å². The summed E-state index contributed by atoms with van der Waals surface area (Å²) in [5.74, 6) is 0.328. The first-order valence-electron chi connectivity index (χ1n) is 3.68. The van der Waals surface area contributed by atoms with Gasteiger partial charge in [0.1, 0.15) is 0 Å². The molecule has 0 aromatic heterocycles. The van der Waals surface area contributed by atoms with Crippen molar-refractivity contribution in [1.29, 1.82) is 0 Å². The summed E-state index contributed by atoms with van der Waals surface area (Å²) < 4.78 is 0. The van der Waals surface area contributed by atoms with Crippen LogP contribution in [0.5, 0.6) is 0 Å². The van der Waals surface area contributed by atoms with Crippen molar-refractivity contribution in [3.63, 3.8) is 0 Å². The molecule has 11 heavy (non-hydrogen) atoms. The topological polar surface area (TPSA) is 20.3 Å². The summed E-state index contributed by atoms with van der Waals surface area (Å²) in [6, 6.07) is 9.99. The second-order valence-electron chi connectivity index (χ2n) is 2.73. The molecule has 1 fully saturated rings. The maximum absolute atomic E-state index is 10.6. The molecular weight excluding hydrogens is 138 g/mol. The first kappa shape index (κ1) is 6.40. The van der Waals surface area contributed by atoms with Crippen molar-refractivity contribution in [3.05, 3.63) is 30.3 Å². The lowest BCUT2D eigenvalue weighted by molar-refractivity contribution is -0.119. The summed E-state index contributed by atoms with van der Waals surface area (Å²) in [7, 11) is 0. The van der Waals surface area contributed by atoms with Crippen LogP contribution in [-0.2, 0) is 4.79 Å². The van der Waals surface area contributed by atoms with E-state index in [0.717, 1.165) is 5.69 Å². The maximum atomic E-state index is 10.6. The average molecular weight is 147 g/mol. The number of rotatable bonds is 1. The zero-order chi connectivity index (χ0) is 7.68. The second kappa shape index (κ2) is 2.38. The first-order chi connectivity index (χ1) is 5.36. The van der Waals surface area contributed by atoms with E-state index in [0.29, 0.717) is 18.9 Å². The van der Waals surface area contributed by atoms with Gasteiger partial charge >= 0.3 is 0 Å². The number of para-hydroxylation sites is 1. The molecule has 0 spiro atoms. The number of ketones is 1. The molecule has 56 valence electrons. The smallest absolute Gasteiger partial charge is 0.171 e. The Labute approximate surface area is 65.4 Å². The zero-order valence-electron chi connectivity index (χ0n) is 6.16. The van der Waals surface area contributed by atoms with Crippen LogP contribution in [0.1, 0.15) is 0 Å². The molecule has 0 amide bonds. The van der Waals surface area contributed by atoms with Gasteiger partial charge < -0.3 is 4.90 Å². The van der Waals surface area contributed by atoms with E-state index in [1.54, 1.807) is 0 Å². The lowest BCUT2D eigenvalue weighted by Crippen LogP contribution is -2.47. The molecule has 2 heteroatoms. The van der Waals surface area contributed by atoms with Gasteiger partial charge in [-0.15, -0.1) is 0 Å². The summed E-state index contributed by atoms with van der Waals surface area (Å²) in [6.45, 7) is 1.17. The Balaban J connectivity index is 2.13. The molecule has 1 saturated heterocycles. The molecule has 1 aliphatic rings. The van der Waals surface area contributed by atoms with Crippen LogP contribution in [0.4, 0.5) is 5.69 Å². The lowest BCUT2D eigenvalue weighted by Gasteiger charge is -2.31. The maximum Gasteiger partial charge on any atom is 0.171 e. The van der Waals surface area contributed by atoms with Crippen LogP contribution in [0.25, 0.3) is 0 Å². The van der Waals surface area contributed by atoms with Crippen molar-refractivity contribution in [2.24, 2.45) is 0 Å². The molecule has 0 bridgehead atoms. The van der Waals surface area contributed by atoms with Crippen molar-refractivity contribution in [3.8, 4) is 0 Å². The summed E-state index contributed by atoms with van der Waals surface area (Å²) in [5.41, 5.74) is 1.15. The third-order valence-electron chi connectivity index (χ3n) is 1.86. The molecule has 1 aromatic rings. The summed E-state index contributed by atoms with van der Waals surface area (Å²) >= 11 is 0. The molecule has 2 nitrogen and oxygen atoms in total. The van der Waals surface area contributed by atoms with E-state index in [4.69, 9.17) is 0 Å². The normalized spacial score (nSPS) is 16.4. The monoisotopic (exact) mass is 147 g/mol. The number of benzene rings is 1. The van der Waals surface area contributed by atoms with Gasteiger partial charge in [0.15, 0.2) is 5.78 Å². The van der Waals surface area contributed by atoms with Crippen molar-refractivity contribution >= 4 is 11.5 Å². The van der Waals surface area contributed by atoms with Crippen LogP contribution in [0.3, 0.4) is 0 Å². The number of nitrogens with zero attached hydrogens (tertiary/aromatic N) is 1. The predicted octanol–water partition coefficient (Wildman–Crippen LogP) is 1.08. The first-order valence-corrected chi connectivity index (χ1v) is 3.68. The Morgan fingerprint density at radius 1 is 1.09 bits per heavy atom. The van der Waals surface area contributed by atoms with Crippen LogP contribution >= 0.6 is 0 Å². The third kappa shape index (κ3) is 1.11. The summed E-state index contributed by atoms with van der Waals surface area (Å²) in [4.78, 5) is 12.7.